The average Bonchev–Trinajstić information content (AvgIpc) is 2.48. The van der Waals surface area contributed by atoms with Crippen molar-refractivity contribution in [1.82, 2.24) is 0 Å². The zero-order valence-corrected chi connectivity index (χ0v) is 12.3. The highest BCUT2D eigenvalue weighted by atomic mass is 16.5. The predicted octanol–water partition coefficient (Wildman–Crippen LogP) is 3.21. The van der Waals surface area contributed by atoms with E-state index in [1.165, 1.54) is 29.8 Å². The van der Waals surface area contributed by atoms with E-state index < -0.39 is 5.97 Å². The van der Waals surface area contributed by atoms with E-state index in [-0.39, 0.29) is 11.5 Å². The Labute approximate surface area is 129 Å². The lowest BCUT2D eigenvalue weighted by atomic mass is 10.1. The number of carbonyl (C=O) groups excluding carboxylic acids is 1. The van der Waals surface area contributed by atoms with E-state index in [0.717, 1.165) is 5.56 Å². The summed E-state index contributed by atoms with van der Waals surface area (Å²) in [6.45, 7) is 2.33. The largest absolute Gasteiger partial charge is 0.504 e. The van der Waals surface area contributed by atoms with Gasteiger partial charge in [0.2, 0.25) is 0 Å². The molecule has 0 radical (unpaired) electrons. The molecule has 2 aromatic carbocycles. The summed E-state index contributed by atoms with van der Waals surface area (Å²) in [5, 5.41) is 18.6. The maximum absolute atomic E-state index is 11.6. The first-order valence-electron chi connectivity index (χ1n) is 6.97. The van der Waals surface area contributed by atoms with Gasteiger partial charge in [-0.3, -0.25) is 0 Å². The monoisotopic (exact) mass is 298 g/mol. The molecule has 0 aliphatic rings. The van der Waals surface area contributed by atoms with Gasteiger partial charge in [-0.05, 0) is 36.3 Å². The van der Waals surface area contributed by atoms with Gasteiger partial charge in [0, 0.05) is 12.5 Å². The van der Waals surface area contributed by atoms with E-state index in [4.69, 9.17) is 4.74 Å². The van der Waals surface area contributed by atoms with Crippen molar-refractivity contribution >= 4 is 12.0 Å². The van der Waals surface area contributed by atoms with Gasteiger partial charge >= 0.3 is 5.97 Å². The van der Waals surface area contributed by atoms with E-state index in [0.29, 0.717) is 18.6 Å². The van der Waals surface area contributed by atoms with Crippen LogP contribution in [0, 0.1) is 6.92 Å². The summed E-state index contributed by atoms with van der Waals surface area (Å²) < 4.78 is 5.12. The third-order valence-corrected chi connectivity index (χ3v) is 3.13. The van der Waals surface area contributed by atoms with Crippen molar-refractivity contribution in [2.45, 2.75) is 13.3 Å². The van der Waals surface area contributed by atoms with Crippen molar-refractivity contribution in [1.29, 1.82) is 0 Å². The molecule has 0 saturated carbocycles. The third kappa shape index (κ3) is 4.66. The summed E-state index contributed by atoms with van der Waals surface area (Å²) in [7, 11) is 0. The lowest BCUT2D eigenvalue weighted by molar-refractivity contribution is -0.137. The number of ether oxygens (including phenoxy) is 1. The van der Waals surface area contributed by atoms with Crippen molar-refractivity contribution in [2.75, 3.05) is 6.61 Å². The van der Waals surface area contributed by atoms with Crippen molar-refractivity contribution in [3.8, 4) is 11.5 Å². The summed E-state index contributed by atoms with van der Waals surface area (Å²) in [6.07, 6.45) is 3.48. The van der Waals surface area contributed by atoms with Crippen LogP contribution in [0.4, 0.5) is 0 Å². The number of carbonyl (C=O) groups is 1. The Bertz CT molecular complexity index is 689. The first-order valence-corrected chi connectivity index (χ1v) is 6.97. The second-order valence-corrected chi connectivity index (χ2v) is 4.99. The summed E-state index contributed by atoms with van der Waals surface area (Å²) in [6, 6.07) is 12.4. The molecule has 0 bridgehead atoms. The summed E-state index contributed by atoms with van der Waals surface area (Å²) in [5.41, 5.74) is 2.90. The molecule has 0 saturated heterocycles. The molecule has 0 atom stereocenters. The van der Waals surface area contributed by atoms with Crippen molar-refractivity contribution in [3.63, 3.8) is 0 Å². The van der Waals surface area contributed by atoms with Crippen LogP contribution in [0.3, 0.4) is 0 Å². The summed E-state index contributed by atoms with van der Waals surface area (Å²) >= 11 is 0. The molecule has 0 heterocycles. The van der Waals surface area contributed by atoms with Gasteiger partial charge in [-0.25, -0.2) is 4.79 Å². The second kappa shape index (κ2) is 7.31. The number of aryl methyl sites for hydroxylation is 1. The Morgan fingerprint density at radius 3 is 2.68 bits per heavy atom. The van der Waals surface area contributed by atoms with Gasteiger partial charge in [0.15, 0.2) is 11.5 Å². The SMILES string of the molecule is Cc1cccc(CCOC(=O)C=Cc2ccc(O)c(O)c2)c1. The first-order chi connectivity index (χ1) is 10.5. The van der Waals surface area contributed by atoms with Crippen molar-refractivity contribution in [2.24, 2.45) is 0 Å². The van der Waals surface area contributed by atoms with Crippen LogP contribution in [0.25, 0.3) is 6.08 Å². The zero-order valence-electron chi connectivity index (χ0n) is 12.3. The minimum Gasteiger partial charge on any atom is -0.504 e. The molecule has 0 fully saturated rings. The van der Waals surface area contributed by atoms with Gasteiger partial charge < -0.3 is 14.9 Å². The number of esters is 1. The molecule has 4 nitrogen and oxygen atoms in total. The molecule has 2 N–H and O–H groups in total. The zero-order chi connectivity index (χ0) is 15.9. The molecule has 0 aliphatic carbocycles. The Kier molecular flexibility index (Phi) is 5.20. The van der Waals surface area contributed by atoms with E-state index in [1.54, 1.807) is 6.07 Å². The molecule has 0 aromatic heterocycles. The van der Waals surface area contributed by atoms with Gasteiger partial charge in [-0.2, -0.15) is 0 Å². The Morgan fingerprint density at radius 2 is 1.95 bits per heavy atom. The number of hydrogen-bond donors (Lipinski definition) is 2. The lowest BCUT2D eigenvalue weighted by Gasteiger charge is -2.03. The fourth-order valence-electron chi connectivity index (χ4n) is 1.99. The Hall–Kier alpha value is -2.75. The van der Waals surface area contributed by atoms with E-state index in [1.807, 2.05) is 25.1 Å². The maximum atomic E-state index is 11.6. The molecule has 4 heteroatoms. The summed E-state index contributed by atoms with van der Waals surface area (Å²) in [4.78, 5) is 11.6. The second-order valence-electron chi connectivity index (χ2n) is 4.99. The fourth-order valence-corrected chi connectivity index (χ4v) is 1.99. The maximum Gasteiger partial charge on any atom is 0.330 e. The van der Waals surface area contributed by atoms with Crippen LogP contribution in [0.5, 0.6) is 11.5 Å². The molecule has 0 aliphatic heterocycles. The van der Waals surface area contributed by atoms with Gasteiger partial charge in [0.1, 0.15) is 0 Å². The van der Waals surface area contributed by atoms with Gasteiger partial charge in [0.25, 0.3) is 0 Å². The van der Waals surface area contributed by atoms with Crippen LogP contribution >= 0.6 is 0 Å². The normalized spacial score (nSPS) is 10.8. The molecule has 2 aromatic rings. The highest BCUT2D eigenvalue weighted by molar-refractivity contribution is 5.87. The molecule has 0 unspecified atom stereocenters. The van der Waals surface area contributed by atoms with E-state index in [9.17, 15) is 15.0 Å². The molecular weight excluding hydrogens is 280 g/mol. The predicted molar refractivity (Wildman–Crippen MR) is 84.6 cm³/mol. The summed E-state index contributed by atoms with van der Waals surface area (Å²) in [5.74, 6) is -0.868. The highest BCUT2D eigenvalue weighted by Crippen LogP contribution is 2.25. The van der Waals surface area contributed by atoms with Gasteiger partial charge in [-0.1, -0.05) is 35.9 Å². The van der Waals surface area contributed by atoms with Crippen molar-refractivity contribution < 1.29 is 19.7 Å². The number of phenolic OH excluding ortho intramolecular Hbond substituents is 2. The minimum atomic E-state index is -0.444. The fraction of sp³-hybridized carbons (Fsp3) is 0.167. The number of phenols is 2. The highest BCUT2D eigenvalue weighted by Gasteiger charge is 2.01. The van der Waals surface area contributed by atoms with E-state index in [2.05, 4.69) is 6.07 Å². The number of aromatic hydroxyl groups is 2. The van der Waals surface area contributed by atoms with Crippen LogP contribution in [0.1, 0.15) is 16.7 Å². The molecule has 22 heavy (non-hydrogen) atoms. The number of rotatable bonds is 5. The average molecular weight is 298 g/mol. The Morgan fingerprint density at radius 1 is 1.14 bits per heavy atom. The molecule has 114 valence electrons. The van der Waals surface area contributed by atoms with Crippen LogP contribution in [-0.4, -0.2) is 22.8 Å². The number of benzene rings is 2. The quantitative estimate of drug-likeness (QED) is 0.505. The van der Waals surface area contributed by atoms with Crippen LogP contribution in [0.15, 0.2) is 48.5 Å². The minimum absolute atomic E-state index is 0.196. The van der Waals surface area contributed by atoms with Crippen molar-refractivity contribution in [3.05, 3.63) is 65.2 Å². The van der Waals surface area contributed by atoms with Gasteiger partial charge in [0.05, 0.1) is 6.61 Å². The topological polar surface area (TPSA) is 66.8 Å². The van der Waals surface area contributed by atoms with Gasteiger partial charge in [-0.15, -0.1) is 0 Å². The molecule has 0 spiro atoms. The molecule has 2 rings (SSSR count). The standard InChI is InChI=1S/C18H18O4/c1-13-3-2-4-14(11-13)9-10-22-18(21)8-6-15-5-7-16(19)17(20)12-15/h2-8,11-12,19-20H,9-10H2,1H3. The smallest absolute Gasteiger partial charge is 0.330 e. The van der Waals surface area contributed by atoms with Crippen LogP contribution < -0.4 is 0 Å². The third-order valence-electron chi connectivity index (χ3n) is 3.13. The van der Waals surface area contributed by atoms with Crippen LogP contribution in [0.2, 0.25) is 0 Å². The lowest BCUT2D eigenvalue weighted by Crippen LogP contribution is -2.04. The molecular formula is C18H18O4. The number of hydrogen-bond acceptors (Lipinski definition) is 4. The van der Waals surface area contributed by atoms with E-state index >= 15 is 0 Å². The molecule has 0 amide bonds. The first kappa shape index (κ1) is 15.6. The Balaban J connectivity index is 1.82. The van der Waals surface area contributed by atoms with Crippen LogP contribution in [-0.2, 0) is 16.0 Å².